The van der Waals surface area contributed by atoms with E-state index in [0.717, 1.165) is 17.3 Å². The number of amides is 5. The van der Waals surface area contributed by atoms with E-state index in [1.807, 2.05) is 31.2 Å². The van der Waals surface area contributed by atoms with Gasteiger partial charge in [-0.25, -0.2) is 4.98 Å². The van der Waals surface area contributed by atoms with E-state index in [2.05, 4.69) is 41.5 Å². The molecule has 18 heteroatoms. The van der Waals surface area contributed by atoms with Crippen molar-refractivity contribution in [2.75, 3.05) is 6.54 Å². The molecule has 1 aliphatic rings. The Kier molecular flexibility index (Phi) is 18.9. The first-order chi connectivity index (χ1) is 31.7. The van der Waals surface area contributed by atoms with Crippen LogP contribution in [0.5, 0.6) is 0 Å². The van der Waals surface area contributed by atoms with Gasteiger partial charge in [0.1, 0.15) is 29.7 Å². The second-order valence-corrected chi connectivity index (χ2v) is 16.9. The summed E-state index contributed by atoms with van der Waals surface area (Å²) in [4.78, 5) is 132. The van der Waals surface area contributed by atoms with Crippen molar-refractivity contribution in [1.29, 1.82) is 0 Å². The first kappa shape index (κ1) is 50.0. The van der Waals surface area contributed by atoms with Crippen molar-refractivity contribution in [3.63, 3.8) is 0 Å². The molecule has 3 heterocycles. The molecule has 6 atom stereocenters. The zero-order valence-corrected chi connectivity index (χ0v) is 37.4. The van der Waals surface area contributed by atoms with E-state index >= 15 is 0 Å². The number of para-hydroxylation sites is 1. The number of carboxylic acids is 1. The summed E-state index contributed by atoms with van der Waals surface area (Å²) >= 11 is 0. The van der Waals surface area contributed by atoms with Crippen molar-refractivity contribution in [2.45, 2.75) is 121 Å². The first-order valence-electron chi connectivity index (χ1n) is 22.5. The Labute approximate surface area is 382 Å². The molecule has 5 amide bonds. The van der Waals surface area contributed by atoms with E-state index in [1.165, 1.54) is 19.4 Å². The van der Waals surface area contributed by atoms with E-state index in [0.29, 0.717) is 23.2 Å². The lowest BCUT2D eigenvalue weighted by molar-refractivity contribution is -0.144. The number of Topliss-reactive ketones (excluding diaryl/α,β-unsaturated/α-hetero) is 3. The number of imidazole rings is 1. The molecule has 5 rings (SSSR count). The molecule has 2 aromatic carbocycles. The van der Waals surface area contributed by atoms with Crippen LogP contribution in [0.15, 0.2) is 73.3 Å². The molecule has 4 aromatic rings. The predicted molar refractivity (Wildman–Crippen MR) is 242 cm³/mol. The quantitative estimate of drug-likeness (QED) is 0.0809. The van der Waals surface area contributed by atoms with Gasteiger partial charge in [0, 0.05) is 86.9 Å². The van der Waals surface area contributed by atoms with Crippen molar-refractivity contribution in [3.8, 4) is 0 Å². The standard InChI is InChI=1S/C48H60N8O10/c1-3-4-13-38(53-29(2)57)45(62)54-39-16-18-44(61)50-20-19-31(43(60)24-32(48(65)66)22-33-26-51-37-14-9-8-12-36(33)37)23-35(58)15-17-42(59)40(21-30-10-6-5-7-11-30)55-47(64)41(56-46(39)63)25-34-27-49-28-52-34/h5-12,14,26-28,31-32,38-41,51H,3-4,13,15-25H2,1-2H3,(H,49,52)(H,50,61)(H,53,57)(H,54,62)(H,55,64)(H,56,63)(H,65,66)/t31-,32-,38+,39+,40-,41+/m1/s1. The van der Waals surface area contributed by atoms with Crippen LogP contribution in [0.2, 0.25) is 0 Å². The summed E-state index contributed by atoms with van der Waals surface area (Å²) in [6.07, 6.45) is 4.29. The number of H-pyrrole nitrogens is 2. The van der Waals surface area contributed by atoms with Crippen molar-refractivity contribution in [2.24, 2.45) is 11.8 Å². The smallest absolute Gasteiger partial charge is 0.307 e. The topological polar surface area (TPSA) is 278 Å². The van der Waals surface area contributed by atoms with Crippen LogP contribution in [0.3, 0.4) is 0 Å². The molecular weight excluding hydrogens is 849 g/mol. The highest BCUT2D eigenvalue weighted by Crippen LogP contribution is 2.25. The highest BCUT2D eigenvalue weighted by atomic mass is 16.4. The summed E-state index contributed by atoms with van der Waals surface area (Å²) < 4.78 is 0. The van der Waals surface area contributed by atoms with E-state index < -0.39 is 95.3 Å². The van der Waals surface area contributed by atoms with Gasteiger partial charge in [-0.15, -0.1) is 0 Å². The van der Waals surface area contributed by atoms with Gasteiger partial charge in [0.25, 0.3) is 0 Å². The number of fused-ring (bicyclic) bond motifs is 1. The molecule has 0 spiro atoms. The molecule has 0 radical (unpaired) electrons. The van der Waals surface area contributed by atoms with Gasteiger partial charge in [0.05, 0.1) is 18.3 Å². The number of carbonyl (C=O) groups is 9. The van der Waals surface area contributed by atoms with E-state index in [-0.39, 0.29) is 70.8 Å². The minimum atomic E-state index is -1.38. The number of nitrogens with zero attached hydrogens (tertiary/aromatic N) is 1. The maximum atomic E-state index is 14.2. The number of carbonyl (C=O) groups excluding carboxylic acids is 8. The number of hydrogen-bond donors (Lipinski definition) is 8. The van der Waals surface area contributed by atoms with Crippen LogP contribution in [0.25, 0.3) is 10.9 Å². The van der Waals surface area contributed by atoms with Crippen molar-refractivity contribution < 1.29 is 48.3 Å². The predicted octanol–water partition coefficient (Wildman–Crippen LogP) is 2.95. The number of carboxylic acid groups (broad SMARTS) is 1. The summed E-state index contributed by atoms with van der Waals surface area (Å²) in [6, 6.07) is 11.4. The molecule has 8 N–H and O–H groups in total. The Bertz CT molecular complexity index is 2330. The van der Waals surface area contributed by atoms with Gasteiger partial charge in [-0.3, -0.25) is 43.2 Å². The van der Waals surface area contributed by atoms with Crippen LogP contribution in [0.1, 0.15) is 94.9 Å². The van der Waals surface area contributed by atoms with Gasteiger partial charge in [0.2, 0.25) is 29.5 Å². The SMILES string of the molecule is CCCC[C@H](NC(C)=O)C(=O)N[C@H]1CCC(=O)NCC[C@@H](C(=O)C[C@@H](Cc2c[nH]c3ccccc23)C(=O)O)CC(=O)CCC(=O)[C@@H](Cc2ccccc2)NC(=O)[C@H](Cc2cnc[nH]2)NC1=O. The third kappa shape index (κ3) is 15.3. The van der Waals surface area contributed by atoms with E-state index in [1.54, 1.807) is 36.5 Å². The molecule has 18 nitrogen and oxygen atoms in total. The highest BCUT2D eigenvalue weighted by Gasteiger charge is 2.34. The molecule has 0 saturated carbocycles. The number of aliphatic carboxylic acids is 1. The zero-order valence-electron chi connectivity index (χ0n) is 37.4. The van der Waals surface area contributed by atoms with Gasteiger partial charge in [0.15, 0.2) is 5.78 Å². The number of rotatable bonds is 16. The summed E-state index contributed by atoms with van der Waals surface area (Å²) in [5.41, 5.74) is 2.70. The van der Waals surface area contributed by atoms with Crippen LogP contribution in [-0.4, -0.2) is 104 Å². The Balaban J connectivity index is 1.43. The molecule has 1 saturated heterocycles. The molecule has 0 bridgehead atoms. The average Bonchev–Trinajstić information content (AvgIpc) is 3.97. The molecule has 2 aromatic heterocycles. The van der Waals surface area contributed by atoms with Crippen LogP contribution in [-0.2, 0) is 62.4 Å². The normalized spacial score (nSPS) is 20.4. The Morgan fingerprint density at radius 3 is 2.32 bits per heavy atom. The number of hydrogen-bond acceptors (Lipinski definition) is 10. The summed E-state index contributed by atoms with van der Waals surface area (Å²) in [7, 11) is 0. The fourth-order valence-corrected chi connectivity index (χ4v) is 8.09. The van der Waals surface area contributed by atoms with E-state index in [9.17, 15) is 48.3 Å². The minimum Gasteiger partial charge on any atom is -0.481 e. The fraction of sp³-hybridized carbons (Fsp3) is 0.458. The number of aromatic nitrogens is 3. The third-order valence-corrected chi connectivity index (χ3v) is 11.8. The zero-order chi connectivity index (χ0) is 47.6. The maximum absolute atomic E-state index is 14.2. The number of benzene rings is 2. The Morgan fingerprint density at radius 1 is 0.864 bits per heavy atom. The largest absolute Gasteiger partial charge is 0.481 e. The van der Waals surface area contributed by atoms with Gasteiger partial charge in [-0.05, 0) is 49.3 Å². The van der Waals surface area contributed by atoms with Crippen molar-refractivity contribution in [1.82, 2.24) is 41.5 Å². The number of nitrogens with one attached hydrogen (secondary N) is 7. The maximum Gasteiger partial charge on any atom is 0.307 e. The second-order valence-electron chi connectivity index (χ2n) is 16.9. The molecule has 1 aliphatic heterocycles. The number of aromatic amines is 2. The summed E-state index contributed by atoms with van der Waals surface area (Å²) in [6.45, 7) is 3.09. The van der Waals surface area contributed by atoms with Crippen LogP contribution < -0.4 is 26.6 Å². The van der Waals surface area contributed by atoms with Crippen molar-refractivity contribution >= 4 is 63.8 Å². The van der Waals surface area contributed by atoms with Crippen LogP contribution in [0.4, 0.5) is 0 Å². The average molecular weight is 909 g/mol. The Hall–Kier alpha value is -6.98. The first-order valence-corrected chi connectivity index (χ1v) is 22.5. The van der Waals surface area contributed by atoms with Gasteiger partial charge < -0.3 is 41.7 Å². The highest BCUT2D eigenvalue weighted by molar-refractivity contribution is 5.97. The van der Waals surface area contributed by atoms with Gasteiger partial charge in [-0.1, -0.05) is 68.3 Å². The fourth-order valence-electron chi connectivity index (χ4n) is 8.09. The number of unbranched alkanes of at least 4 members (excludes halogenated alkanes) is 1. The molecule has 66 heavy (non-hydrogen) atoms. The summed E-state index contributed by atoms with van der Waals surface area (Å²) in [5, 5.41) is 24.5. The van der Waals surface area contributed by atoms with E-state index in [4.69, 9.17) is 0 Å². The number of ketones is 3. The van der Waals surface area contributed by atoms with Crippen LogP contribution >= 0.6 is 0 Å². The monoisotopic (exact) mass is 908 g/mol. The molecule has 352 valence electrons. The summed E-state index contributed by atoms with van der Waals surface area (Å²) in [5.74, 6) is -7.95. The molecule has 0 aliphatic carbocycles. The van der Waals surface area contributed by atoms with Gasteiger partial charge >= 0.3 is 5.97 Å². The third-order valence-electron chi connectivity index (χ3n) is 11.8. The van der Waals surface area contributed by atoms with Gasteiger partial charge in [-0.2, -0.15) is 0 Å². The second kappa shape index (κ2) is 24.9. The molecular formula is C48H60N8O10. The van der Waals surface area contributed by atoms with Crippen LogP contribution in [0, 0.1) is 11.8 Å². The molecule has 0 unspecified atom stereocenters. The molecule has 1 fully saturated rings. The Morgan fingerprint density at radius 2 is 1.61 bits per heavy atom. The lowest BCUT2D eigenvalue weighted by Gasteiger charge is -2.26. The van der Waals surface area contributed by atoms with Crippen molar-refractivity contribution in [3.05, 3.63) is 90.1 Å². The lowest BCUT2D eigenvalue weighted by Crippen LogP contribution is -2.58. The lowest BCUT2D eigenvalue weighted by atomic mass is 9.85. The minimum absolute atomic E-state index is 0.0257.